The van der Waals surface area contributed by atoms with E-state index in [-0.39, 0.29) is 12.5 Å². The van der Waals surface area contributed by atoms with Crippen molar-refractivity contribution in [3.8, 4) is 5.75 Å². The molecule has 0 spiro atoms. The van der Waals surface area contributed by atoms with Crippen molar-refractivity contribution in [3.63, 3.8) is 0 Å². The number of aryl methyl sites for hydroxylation is 2. The highest BCUT2D eigenvalue weighted by Crippen LogP contribution is 2.23. The molecule has 0 aliphatic carbocycles. The van der Waals surface area contributed by atoms with Crippen LogP contribution in [0.1, 0.15) is 30.5 Å². The van der Waals surface area contributed by atoms with Crippen LogP contribution in [0.15, 0.2) is 36.4 Å². The van der Waals surface area contributed by atoms with Crippen molar-refractivity contribution in [3.05, 3.63) is 53.1 Å². The second-order valence-corrected chi connectivity index (χ2v) is 6.21. The number of hydrogen-bond donors (Lipinski definition) is 1. The van der Waals surface area contributed by atoms with Crippen LogP contribution in [0.3, 0.4) is 0 Å². The van der Waals surface area contributed by atoms with Crippen LogP contribution in [0.25, 0.3) is 0 Å². The Balaban J connectivity index is 1.99. The molecule has 4 nitrogen and oxygen atoms in total. The molecule has 0 fully saturated rings. The smallest absolute Gasteiger partial charge is 0.262 e. The molecule has 0 atom stereocenters. The summed E-state index contributed by atoms with van der Waals surface area (Å²) in [7, 11) is 0. The van der Waals surface area contributed by atoms with Crippen molar-refractivity contribution in [2.45, 2.75) is 34.6 Å². The Morgan fingerprint density at radius 1 is 1.04 bits per heavy atom. The molecule has 2 aromatic rings. The predicted molar refractivity (Wildman–Crippen MR) is 105 cm³/mol. The highest BCUT2D eigenvalue weighted by Gasteiger charge is 2.09. The topological polar surface area (TPSA) is 41.6 Å². The van der Waals surface area contributed by atoms with Gasteiger partial charge in [-0.25, -0.2) is 0 Å². The fourth-order valence-corrected chi connectivity index (χ4v) is 2.78. The lowest BCUT2D eigenvalue weighted by atomic mass is 10.1. The molecule has 0 bridgehead atoms. The molecule has 0 unspecified atom stereocenters. The summed E-state index contributed by atoms with van der Waals surface area (Å²) in [4.78, 5) is 14.5. The van der Waals surface area contributed by atoms with E-state index in [0.717, 1.165) is 41.2 Å². The maximum Gasteiger partial charge on any atom is 0.262 e. The Morgan fingerprint density at radius 3 is 2.40 bits per heavy atom. The number of amides is 1. The molecule has 2 aromatic carbocycles. The second-order valence-electron chi connectivity index (χ2n) is 6.21. The molecule has 134 valence electrons. The fraction of sp³-hybridized carbons (Fsp3) is 0.381. The van der Waals surface area contributed by atoms with Crippen molar-refractivity contribution in [1.82, 2.24) is 0 Å². The van der Waals surface area contributed by atoms with Crippen molar-refractivity contribution in [2.24, 2.45) is 0 Å². The molecule has 0 saturated heterocycles. The maximum absolute atomic E-state index is 12.2. The molecule has 1 amide bonds. The first-order chi connectivity index (χ1) is 12.0. The average Bonchev–Trinajstić information content (AvgIpc) is 2.59. The van der Waals surface area contributed by atoms with E-state index in [1.54, 1.807) is 0 Å². The van der Waals surface area contributed by atoms with Gasteiger partial charge in [0.15, 0.2) is 6.61 Å². The van der Waals surface area contributed by atoms with Crippen molar-refractivity contribution in [1.29, 1.82) is 0 Å². The number of anilines is 2. The average molecular weight is 340 g/mol. The Labute approximate surface area is 150 Å². The summed E-state index contributed by atoms with van der Waals surface area (Å²) in [5, 5.41) is 2.93. The van der Waals surface area contributed by atoms with Crippen LogP contribution in [0.4, 0.5) is 11.4 Å². The molecular formula is C21H28N2O2. The van der Waals surface area contributed by atoms with Crippen LogP contribution in [0, 0.1) is 20.8 Å². The van der Waals surface area contributed by atoms with Gasteiger partial charge in [0.1, 0.15) is 5.75 Å². The quantitative estimate of drug-likeness (QED) is 0.808. The van der Waals surface area contributed by atoms with Gasteiger partial charge in [-0.15, -0.1) is 0 Å². The maximum atomic E-state index is 12.2. The van der Waals surface area contributed by atoms with Crippen LogP contribution in [-0.4, -0.2) is 25.6 Å². The van der Waals surface area contributed by atoms with Crippen LogP contribution < -0.4 is 15.0 Å². The van der Waals surface area contributed by atoms with Gasteiger partial charge in [-0.3, -0.25) is 4.79 Å². The molecule has 0 radical (unpaired) electrons. The van der Waals surface area contributed by atoms with Gasteiger partial charge in [0.25, 0.3) is 5.91 Å². The SMILES string of the molecule is CCN(CC)c1ccc(NC(=O)COc2cccc(C)c2C)c(C)c1. The summed E-state index contributed by atoms with van der Waals surface area (Å²) in [6, 6.07) is 12.0. The molecule has 4 heteroatoms. The van der Waals surface area contributed by atoms with Crippen molar-refractivity contribution in [2.75, 3.05) is 29.9 Å². The van der Waals surface area contributed by atoms with Gasteiger partial charge in [0.05, 0.1) is 0 Å². The Bertz CT molecular complexity index is 737. The largest absolute Gasteiger partial charge is 0.483 e. The molecule has 0 aliphatic rings. The summed E-state index contributed by atoms with van der Waals surface area (Å²) in [5.74, 6) is 0.600. The van der Waals surface area contributed by atoms with Gasteiger partial charge in [0, 0.05) is 24.5 Å². The molecule has 0 aromatic heterocycles. The molecule has 2 rings (SSSR count). The lowest BCUT2D eigenvalue weighted by Crippen LogP contribution is -2.23. The minimum atomic E-state index is -0.153. The summed E-state index contributed by atoms with van der Waals surface area (Å²) in [6.07, 6.45) is 0. The molecule has 1 N–H and O–H groups in total. The zero-order valence-electron chi connectivity index (χ0n) is 15.8. The van der Waals surface area contributed by atoms with Crippen molar-refractivity contribution >= 4 is 17.3 Å². The van der Waals surface area contributed by atoms with Gasteiger partial charge in [0.2, 0.25) is 0 Å². The zero-order valence-corrected chi connectivity index (χ0v) is 15.8. The number of benzene rings is 2. The zero-order chi connectivity index (χ0) is 18.4. The Morgan fingerprint density at radius 2 is 1.76 bits per heavy atom. The van der Waals surface area contributed by atoms with E-state index in [1.165, 1.54) is 5.69 Å². The minimum absolute atomic E-state index is 0.00152. The molecule has 0 aliphatic heterocycles. The van der Waals surface area contributed by atoms with Crippen LogP contribution in [0.2, 0.25) is 0 Å². The van der Waals surface area contributed by atoms with Crippen molar-refractivity contribution < 1.29 is 9.53 Å². The summed E-state index contributed by atoms with van der Waals surface area (Å²) >= 11 is 0. The number of hydrogen-bond acceptors (Lipinski definition) is 3. The van der Waals surface area contributed by atoms with Gasteiger partial charge < -0.3 is 15.0 Å². The van der Waals surface area contributed by atoms with Crippen LogP contribution in [-0.2, 0) is 4.79 Å². The monoisotopic (exact) mass is 340 g/mol. The van der Waals surface area contributed by atoms with Gasteiger partial charge in [-0.2, -0.15) is 0 Å². The van der Waals surface area contributed by atoms with E-state index >= 15 is 0 Å². The number of carbonyl (C=O) groups is 1. The number of nitrogens with zero attached hydrogens (tertiary/aromatic N) is 1. The second kappa shape index (κ2) is 8.56. The fourth-order valence-electron chi connectivity index (χ4n) is 2.78. The first-order valence-electron chi connectivity index (χ1n) is 8.80. The first kappa shape index (κ1) is 18.8. The highest BCUT2D eigenvalue weighted by molar-refractivity contribution is 5.92. The molecule has 0 heterocycles. The standard InChI is InChI=1S/C21H28N2O2/c1-6-23(7-2)18-11-12-19(16(4)13-18)22-21(24)14-25-20-10-8-9-15(3)17(20)5/h8-13H,6-7,14H2,1-5H3,(H,22,24). The van der Waals surface area contributed by atoms with Crippen LogP contribution >= 0.6 is 0 Å². The van der Waals surface area contributed by atoms with E-state index in [9.17, 15) is 4.79 Å². The van der Waals surface area contributed by atoms with E-state index in [1.807, 2.05) is 51.1 Å². The minimum Gasteiger partial charge on any atom is -0.483 e. The molecule has 0 saturated carbocycles. The van der Waals surface area contributed by atoms with E-state index in [2.05, 4.69) is 30.1 Å². The lowest BCUT2D eigenvalue weighted by molar-refractivity contribution is -0.118. The van der Waals surface area contributed by atoms with Crippen LogP contribution in [0.5, 0.6) is 5.75 Å². The third-order valence-electron chi connectivity index (χ3n) is 4.53. The predicted octanol–water partition coefficient (Wildman–Crippen LogP) is 4.48. The van der Waals surface area contributed by atoms with Gasteiger partial charge >= 0.3 is 0 Å². The molecule has 25 heavy (non-hydrogen) atoms. The summed E-state index contributed by atoms with van der Waals surface area (Å²) in [6.45, 7) is 12.2. The van der Waals surface area contributed by atoms with E-state index in [4.69, 9.17) is 4.74 Å². The van der Waals surface area contributed by atoms with E-state index < -0.39 is 0 Å². The van der Waals surface area contributed by atoms with Gasteiger partial charge in [-0.1, -0.05) is 12.1 Å². The lowest BCUT2D eigenvalue weighted by Gasteiger charge is -2.22. The molecular weight excluding hydrogens is 312 g/mol. The number of carbonyl (C=O) groups excluding carboxylic acids is 1. The summed E-state index contributed by atoms with van der Waals surface area (Å²) in [5.41, 5.74) is 5.26. The third kappa shape index (κ3) is 4.75. The normalized spacial score (nSPS) is 10.4. The van der Waals surface area contributed by atoms with Gasteiger partial charge in [-0.05, 0) is 75.6 Å². The van der Waals surface area contributed by atoms with E-state index in [0.29, 0.717) is 0 Å². The number of ether oxygens (including phenoxy) is 1. The third-order valence-corrected chi connectivity index (χ3v) is 4.53. The number of nitrogens with one attached hydrogen (secondary N) is 1. The number of rotatable bonds is 7. The highest BCUT2D eigenvalue weighted by atomic mass is 16.5. The Hall–Kier alpha value is -2.49. The first-order valence-corrected chi connectivity index (χ1v) is 8.80. The Kier molecular flexibility index (Phi) is 6.45. The summed E-state index contributed by atoms with van der Waals surface area (Å²) < 4.78 is 5.67.